The summed E-state index contributed by atoms with van der Waals surface area (Å²) >= 11 is 3.38. The highest BCUT2D eigenvalue weighted by Crippen LogP contribution is 2.23. The Morgan fingerprint density at radius 1 is 1.04 bits per heavy atom. The van der Waals surface area contributed by atoms with E-state index < -0.39 is 5.91 Å². The quantitative estimate of drug-likeness (QED) is 0.660. The van der Waals surface area contributed by atoms with Crippen LogP contribution in [0, 0.1) is 20.8 Å². The molecular weight excluding hydrogens is 396 g/mol. The first-order valence-corrected chi connectivity index (χ1v) is 8.98. The molecule has 134 valence electrons. The summed E-state index contributed by atoms with van der Waals surface area (Å²) in [6.07, 6.45) is 0. The predicted octanol–water partition coefficient (Wildman–Crippen LogP) is 4.49. The molecule has 3 aromatic rings. The standard InChI is InChI=1S/C20H19BrN2O3/c1-11-6-12(2)19(13(3)7-11)23-18(24)10-22-20(25)17-9-14-8-15(21)4-5-16(14)26-17/h4-9H,10H2,1-3H3,(H,22,25)(H,23,24). The molecule has 2 N–H and O–H groups in total. The van der Waals surface area contributed by atoms with Gasteiger partial charge in [0.05, 0.1) is 6.54 Å². The number of amides is 2. The summed E-state index contributed by atoms with van der Waals surface area (Å²) in [5, 5.41) is 6.26. The molecular formula is C20H19BrN2O3. The number of hydrogen-bond acceptors (Lipinski definition) is 3. The van der Waals surface area contributed by atoms with Gasteiger partial charge in [0.25, 0.3) is 5.91 Å². The molecule has 0 atom stereocenters. The summed E-state index contributed by atoms with van der Waals surface area (Å²) in [6.45, 7) is 5.77. The number of halogens is 1. The molecule has 0 saturated carbocycles. The molecule has 0 fully saturated rings. The summed E-state index contributed by atoms with van der Waals surface area (Å²) in [6, 6.07) is 11.2. The fourth-order valence-electron chi connectivity index (χ4n) is 2.93. The van der Waals surface area contributed by atoms with Crippen molar-refractivity contribution in [2.45, 2.75) is 20.8 Å². The van der Waals surface area contributed by atoms with Crippen LogP contribution in [-0.4, -0.2) is 18.4 Å². The lowest BCUT2D eigenvalue weighted by Crippen LogP contribution is -2.33. The van der Waals surface area contributed by atoms with Crippen molar-refractivity contribution < 1.29 is 14.0 Å². The predicted molar refractivity (Wildman–Crippen MR) is 106 cm³/mol. The maximum absolute atomic E-state index is 12.2. The van der Waals surface area contributed by atoms with Gasteiger partial charge < -0.3 is 15.1 Å². The Morgan fingerprint density at radius 2 is 1.73 bits per heavy atom. The molecule has 0 aliphatic carbocycles. The number of rotatable bonds is 4. The topological polar surface area (TPSA) is 71.3 Å². The third kappa shape index (κ3) is 3.96. The zero-order valence-corrected chi connectivity index (χ0v) is 16.4. The van der Waals surface area contributed by atoms with E-state index in [1.165, 1.54) is 0 Å². The van der Waals surface area contributed by atoms with Crippen molar-refractivity contribution in [1.29, 1.82) is 0 Å². The summed E-state index contributed by atoms with van der Waals surface area (Å²) in [4.78, 5) is 24.4. The molecule has 0 bridgehead atoms. The number of anilines is 1. The van der Waals surface area contributed by atoms with Crippen LogP contribution in [0.2, 0.25) is 0 Å². The molecule has 2 aromatic carbocycles. The third-order valence-electron chi connectivity index (χ3n) is 4.05. The smallest absolute Gasteiger partial charge is 0.287 e. The normalized spacial score (nSPS) is 10.8. The minimum absolute atomic E-state index is 0.133. The van der Waals surface area contributed by atoms with Gasteiger partial charge in [0.1, 0.15) is 5.58 Å². The Morgan fingerprint density at radius 3 is 2.42 bits per heavy atom. The number of nitrogens with one attached hydrogen (secondary N) is 2. The fourth-order valence-corrected chi connectivity index (χ4v) is 3.31. The number of aryl methyl sites for hydroxylation is 3. The zero-order valence-electron chi connectivity index (χ0n) is 14.8. The highest BCUT2D eigenvalue weighted by Gasteiger charge is 2.14. The first kappa shape index (κ1) is 18.2. The molecule has 1 heterocycles. The highest BCUT2D eigenvalue weighted by molar-refractivity contribution is 9.10. The van der Waals surface area contributed by atoms with Crippen molar-refractivity contribution >= 4 is 44.4 Å². The van der Waals surface area contributed by atoms with E-state index >= 15 is 0 Å². The maximum atomic E-state index is 12.2. The first-order chi connectivity index (χ1) is 12.3. The van der Waals surface area contributed by atoms with Crippen molar-refractivity contribution in [2.75, 3.05) is 11.9 Å². The Balaban J connectivity index is 1.64. The fraction of sp³-hybridized carbons (Fsp3) is 0.200. The molecule has 2 amide bonds. The Kier molecular flexibility index (Phi) is 5.13. The van der Waals surface area contributed by atoms with Crippen LogP contribution >= 0.6 is 15.9 Å². The largest absolute Gasteiger partial charge is 0.451 e. The third-order valence-corrected chi connectivity index (χ3v) is 4.55. The maximum Gasteiger partial charge on any atom is 0.287 e. The van der Waals surface area contributed by atoms with Crippen LogP contribution in [0.3, 0.4) is 0 Å². The van der Waals surface area contributed by atoms with E-state index in [-0.39, 0.29) is 18.2 Å². The van der Waals surface area contributed by atoms with Gasteiger partial charge in [-0.1, -0.05) is 33.6 Å². The lowest BCUT2D eigenvalue weighted by atomic mass is 10.1. The van der Waals surface area contributed by atoms with Gasteiger partial charge in [0, 0.05) is 15.5 Å². The van der Waals surface area contributed by atoms with Gasteiger partial charge in [-0.2, -0.15) is 0 Å². The Hall–Kier alpha value is -2.60. The van der Waals surface area contributed by atoms with Crippen LogP contribution in [0.25, 0.3) is 11.0 Å². The second-order valence-electron chi connectivity index (χ2n) is 6.30. The van der Waals surface area contributed by atoms with Gasteiger partial charge in [-0.3, -0.25) is 9.59 Å². The second kappa shape index (κ2) is 7.33. The monoisotopic (exact) mass is 414 g/mol. The average molecular weight is 415 g/mol. The number of hydrogen-bond donors (Lipinski definition) is 2. The number of carbonyl (C=O) groups excluding carboxylic acids is 2. The molecule has 5 nitrogen and oxygen atoms in total. The minimum atomic E-state index is -0.426. The SMILES string of the molecule is Cc1cc(C)c(NC(=O)CNC(=O)c2cc3cc(Br)ccc3o2)c(C)c1. The molecule has 1 aromatic heterocycles. The summed E-state index contributed by atoms with van der Waals surface area (Å²) in [5.74, 6) is -0.536. The molecule has 0 radical (unpaired) electrons. The number of furan rings is 1. The van der Waals surface area contributed by atoms with E-state index in [2.05, 4.69) is 26.6 Å². The summed E-state index contributed by atoms with van der Waals surface area (Å²) < 4.78 is 6.43. The van der Waals surface area contributed by atoms with Gasteiger partial charge in [0.2, 0.25) is 5.91 Å². The van der Waals surface area contributed by atoms with Crippen LogP contribution < -0.4 is 10.6 Å². The van der Waals surface area contributed by atoms with E-state index in [0.29, 0.717) is 5.58 Å². The average Bonchev–Trinajstić information content (AvgIpc) is 2.99. The van der Waals surface area contributed by atoms with Crippen LogP contribution in [0.5, 0.6) is 0 Å². The van der Waals surface area contributed by atoms with Crippen molar-refractivity contribution in [3.8, 4) is 0 Å². The van der Waals surface area contributed by atoms with Gasteiger partial charge in [-0.05, 0) is 56.2 Å². The van der Waals surface area contributed by atoms with E-state index in [1.807, 2.05) is 45.0 Å². The molecule has 26 heavy (non-hydrogen) atoms. The molecule has 6 heteroatoms. The van der Waals surface area contributed by atoms with Crippen molar-refractivity contribution in [2.24, 2.45) is 0 Å². The molecule has 3 rings (SSSR count). The summed E-state index contributed by atoms with van der Waals surface area (Å²) in [5.41, 5.74) is 4.52. The van der Waals surface area contributed by atoms with E-state index in [1.54, 1.807) is 12.1 Å². The second-order valence-corrected chi connectivity index (χ2v) is 7.21. The van der Waals surface area contributed by atoms with Gasteiger partial charge >= 0.3 is 0 Å². The van der Waals surface area contributed by atoms with Gasteiger partial charge in [-0.25, -0.2) is 0 Å². The Bertz CT molecular complexity index is 984. The summed E-state index contributed by atoms with van der Waals surface area (Å²) in [7, 11) is 0. The first-order valence-electron chi connectivity index (χ1n) is 8.18. The number of fused-ring (bicyclic) bond motifs is 1. The van der Waals surface area contributed by atoms with Crippen molar-refractivity contribution in [3.05, 3.63) is 63.3 Å². The minimum Gasteiger partial charge on any atom is -0.451 e. The van der Waals surface area contributed by atoms with E-state index in [0.717, 1.165) is 32.2 Å². The van der Waals surface area contributed by atoms with Gasteiger partial charge in [0.15, 0.2) is 5.76 Å². The van der Waals surface area contributed by atoms with Crippen molar-refractivity contribution in [3.63, 3.8) is 0 Å². The van der Waals surface area contributed by atoms with Crippen molar-refractivity contribution in [1.82, 2.24) is 5.32 Å². The lowest BCUT2D eigenvalue weighted by Gasteiger charge is -2.13. The van der Waals surface area contributed by atoms with Gasteiger partial charge in [-0.15, -0.1) is 0 Å². The van der Waals surface area contributed by atoms with Crippen LogP contribution in [0.15, 0.2) is 45.3 Å². The van der Waals surface area contributed by atoms with Crippen LogP contribution in [-0.2, 0) is 4.79 Å². The van der Waals surface area contributed by atoms with E-state index in [9.17, 15) is 9.59 Å². The highest BCUT2D eigenvalue weighted by atomic mass is 79.9. The molecule has 0 spiro atoms. The van der Waals surface area contributed by atoms with E-state index in [4.69, 9.17) is 4.42 Å². The zero-order chi connectivity index (χ0) is 18.8. The molecule has 0 aliphatic heterocycles. The molecule has 0 saturated heterocycles. The van der Waals surface area contributed by atoms with Crippen LogP contribution in [0.1, 0.15) is 27.2 Å². The van der Waals surface area contributed by atoms with Crippen LogP contribution in [0.4, 0.5) is 5.69 Å². The molecule has 0 aliphatic rings. The molecule has 0 unspecified atom stereocenters. The Labute approximate surface area is 159 Å². The number of benzene rings is 2. The lowest BCUT2D eigenvalue weighted by molar-refractivity contribution is -0.115. The number of carbonyl (C=O) groups is 2.